The van der Waals surface area contributed by atoms with Crippen molar-refractivity contribution in [3.05, 3.63) is 53.6 Å². The van der Waals surface area contributed by atoms with E-state index in [-0.39, 0.29) is 16.8 Å². The van der Waals surface area contributed by atoms with Crippen LogP contribution in [0.3, 0.4) is 0 Å². The van der Waals surface area contributed by atoms with E-state index >= 15 is 0 Å². The molecule has 2 aromatic rings. The molecule has 0 radical (unpaired) electrons. The first-order valence-corrected chi connectivity index (χ1v) is 11.0. The summed E-state index contributed by atoms with van der Waals surface area (Å²) in [5, 5.41) is 2.91. The third-order valence-electron chi connectivity index (χ3n) is 4.98. The second-order valence-corrected chi connectivity index (χ2v) is 8.78. The smallest absolute Gasteiger partial charge is 0.251 e. The van der Waals surface area contributed by atoms with Gasteiger partial charge in [-0.15, -0.1) is 0 Å². The maximum absolute atomic E-state index is 12.7. The molecule has 3 rings (SSSR count). The molecule has 0 unspecified atom stereocenters. The van der Waals surface area contributed by atoms with Crippen LogP contribution in [0.1, 0.15) is 28.9 Å². The van der Waals surface area contributed by atoms with Gasteiger partial charge in [0.25, 0.3) is 5.91 Å². The van der Waals surface area contributed by atoms with Crippen LogP contribution in [0, 0.1) is 0 Å². The molecule has 0 aromatic heterocycles. The number of carbonyl (C=O) groups excluding carboxylic acids is 1. The van der Waals surface area contributed by atoms with Gasteiger partial charge in [-0.25, -0.2) is 8.42 Å². The molecule has 1 aliphatic rings. The zero-order valence-electron chi connectivity index (χ0n) is 17.3. The molecule has 8 nitrogen and oxygen atoms in total. The van der Waals surface area contributed by atoms with E-state index in [9.17, 15) is 13.2 Å². The zero-order chi connectivity index (χ0) is 21.7. The Morgan fingerprint density at radius 2 is 1.73 bits per heavy atom. The van der Waals surface area contributed by atoms with E-state index in [1.54, 1.807) is 26.4 Å². The van der Waals surface area contributed by atoms with Gasteiger partial charge in [0, 0.05) is 24.2 Å². The van der Waals surface area contributed by atoms with Crippen molar-refractivity contribution < 1.29 is 27.4 Å². The van der Waals surface area contributed by atoms with E-state index in [4.69, 9.17) is 14.2 Å². The quantitative estimate of drug-likeness (QED) is 0.718. The molecule has 2 aromatic carbocycles. The summed E-state index contributed by atoms with van der Waals surface area (Å²) in [6.07, 6.45) is 0. The van der Waals surface area contributed by atoms with Crippen molar-refractivity contribution in [3.63, 3.8) is 0 Å². The van der Waals surface area contributed by atoms with E-state index < -0.39 is 10.0 Å². The highest BCUT2D eigenvalue weighted by molar-refractivity contribution is 7.89. The minimum absolute atomic E-state index is 0.156. The highest BCUT2D eigenvalue weighted by Gasteiger charge is 2.26. The summed E-state index contributed by atoms with van der Waals surface area (Å²) in [6.45, 7) is 3.25. The van der Waals surface area contributed by atoms with E-state index in [0.29, 0.717) is 43.4 Å². The van der Waals surface area contributed by atoms with Crippen LogP contribution in [0.4, 0.5) is 0 Å². The highest BCUT2D eigenvalue weighted by atomic mass is 32.2. The van der Waals surface area contributed by atoms with Gasteiger partial charge in [0.15, 0.2) is 0 Å². The van der Waals surface area contributed by atoms with Crippen molar-refractivity contribution in [1.82, 2.24) is 9.62 Å². The van der Waals surface area contributed by atoms with Gasteiger partial charge >= 0.3 is 0 Å². The summed E-state index contributed by atoms with van der Waals surface area (Å²) in [6, 6.07) is 11.0. The van der Waals surface area contributed by atoms with Crippen LogP contribution in [0.5, 0.6) is 11.5 Å². The number of sulfonamides is 1. The van der Waals surface area contributed by atoms with Gasteiger partial charge in [-0.1, -0.05) is 0 Å². The summed E-state index contributed by atoms with van der Waals surface area (Å²) in [5.74, 6) is 0.975. The maximum Gasteiger partial charge on any atom is 0.251 e. The van der Waals surface area contributed by atoms with Crippen molar-refractivity contribution in [2.45, 2.75) is 17.9 Å². The molecule has 0 spiro atoms. The molecule has 1 heterocycles. The summed E-state index contributed by atoms with van der Waals surface area (Å²) in [7, 11) is -0.462. The van der Waals surface area contributed by atoms with E-state index in [2.05, 4.69) is 5.32 Å². The van der Waals surface area contributed by atoms with Gasteiger partial charge in [-0.2, -0.15) is 4.31 Å². The molecule has 0 bridgehead atoms. The lowest BCUT2D eigenvalue weighted by Crippen LogP contribution is -2.40. The van der Waals surface area contributed by atoms with Crippen molar-refractivity contribution >= 4 is 15.9 Å². The Balaban J connectivity index is 1.73. The first kappa shape index (κ1) is 22.1. The fraction of sp³-hybridized carbons (Fsp3) is 0.381. The van der Waals surface area contributed by atoms with Crippen molar-refractivity contribution in [1.29, 1.82) is 0 Å². The average molecular weight is 435 g/mol. The van der Waals surface area contributed by atoms with Crippen LogP contribution in [0.2, 0.25) is 0 Å². The molecule has 1 aliphatic heterocycles. The van der Waals surface area contributed by atoms with Crippen LogP contribution in [0.25, 0.3) is 0 Å². The van der Waals surface area contributed by atoms with Gasteiger partial charge < -0.3 is 19.5 Å². The molecule has 0 aliphatic carbocycles. The van der Waals surface area contributed by atoms with Crippen molar-refractivity contribution in [2.75, 3.05) is 40.5 Å². The van der Waals surface area contributed by atoms with Crippen LogP contribution in [-0.4, -0.2) is 59.2 Å². The number of benzene rings is 2. The Kier molecular flexibility index (Phi) is 6.96. The number of hydrogen-bond acceptors (Lipinski definition) is 6. The summed E-state index contributed by atoms with van der Waals surface area (Å²) < 4.78 is 42.6. The number of nitrogens with one attached hydrogen (secondary N) is 1. The van der Waals surface area contributed by atoms with E-state index in [1.807, 2.05) is 13.0 Å². The minimum Gasteiger partial charge on any atom is -0.497 e. The molecule has 30 heavy (non-hydrogen) atoms. The fourth-order valence-electron chi connectivity index (χ4n) is 3.25. The number of carbonyl (C=O) groups is 1. The predicted molar refractivity (Wildman–Crippen MR) is 111 cm³/mol. The number of morpholine rings is 1. The number of ether oxygens (including phenoxy) is 3. The number of hydrogen-bond donors (Lipinski definition) is 1. The van der Waals surface area contributed by atoms with Crippen LogP contribution < -0.4 is 14.8 Å². The van der Waals surface area contributed by atoms with Gasteiger partial charge in [0.05, 0.1) is 38.4 Å². The molecular weight excluding hydrogens is 408 g/mol. The Morgan fingerprint density at radius 3 is 2.33 bits per heavy atom. The minimum atomic E-state index is -3.60. The van der Waals surface area contributed by atoms with Crippen molar-refractivity contribution in [2.24, 2.45) is 0 Å². The first-order chi connectivity index (χ1) is 14.4. The SMILES string of the molecule is COc1ccc(OC)c([C@H](C)NC(=O)c2ccc(S(=O)(=O)N3CCOCC3)cc2)c1. The molecule has 162 valence electrons. The first-order valence-electron chi connectivity index (χ1n) is 9.57. The predicted octanol–water partition coefficient (Wildman–Crippen LogP) is 2.22. The lowest BCUT2D eigenvalue weighted by Gasteiger charge is -2.26. The second-order valence-electron chi connectivity index (χ2n) is 6.84. The van der Waals surface area contributed by atoms with Crippen LogP contribution >= 0.6 is 0 Å². The van der Waals surface area contributed by atoms with Crippen LogP contribution in [0.15, 0.2) is 47.4 Å². The molecule has 1 amide bonds. The molecule has 1 atom stereocenters. The lowest BCUT2D eigenvalue weighted by atomic mass is 10.1. The highest BCUT2D eigenvalue weighted by Crippen LogP contribution is 2.29. The van der Waals surface area contributed by atoms with E-state index in [1.165, 1.54) is 28.6 Å². The van der Waals surface area contributed by atoms with Gasteiger partial charge in [-0.3, -0.25) is 4.79 Å². The van der Waals surface area contributed by atoms with Crippen molar-refractivity contribution in [3.8, 4) is 11.5 Å². The molecule has 1 fully saturated rings. The molecule has 0 saturated carbocycles. The zero-order valence-corrected chi connectivity index (χ0v) is 18.1. The Labute approximate surface area is 176 Å². The monoisotopic (exact) mass is 434 g/mol. The molecule has 1 saturated heterocycles. The number of nitrogens with zero attached hydrogens (tertiary/aromatic N) is 1. The Bertz CT molecular complexity index is 985. The standard InChI is InChI=1S/C21H26N2O6S/c1-15(19-14-17(27-2)6-9-20(19)28-3)22-21(24)16-4-7-18(8-5-16)30(25,26)23-10-12-29-13-11-23/h4-9,14-15H,10-13H2,1-3H3,(H,22,24)/t15-/m0/s1. The van der Waals surface area contributed by atoms with E-state index in [0.717, 1.165) is 5.56 Å². The Morgan fingerprint density at radius 1 is 1.07 bits per heavy atom. The normalized spacial score (nSPS) is 16.0. The van der Waals surface area contributed by atoms with Gasteiger partial charge in [-0.05, 0) is 49.4 Å². The molecule has 9 heteroatoms. The Hall–Kier alpha value is -2.62. The molecular formula is C21H26N2O6S. The summed E-state index contributed by atoms with van der Waals surface area (Å²) >= 11 is 0. The average Bonchev–Trinajstić information content (AvgIpc) is 2.79. The number of methoxy groups -OCH3 is 2. The second kappa shape index (κ2) is 9.46. The number of rotatable bonds is 7. The third-order valence-corrected chi connectivity index (χ3v) is 6.89. The summed E-state index contributed by atoms with van der Waals surface area (Å²) in [4.78, 5) is 12.8. The topological polar surface area (TPSA) is 94.2 Å². The van der Waals surface area contributed by atoms with Gasteiger partial charge in [0.2, 0.25) is 10.0 Å². The maximum atomic E-state index is 12.7. The van der Waals surface area contributed by atoms with Crippen LogP contribution in [-0.2, 0) is 14.8 Å². The molecule has 1 N–H and O–H groups in total. The number of amides is 1. The lowest BCUT2D eigenvalue weighted by molar-refractivity contribution is 0.0730. The largest absolute Gasteiger partial charge is 0.497 e. The third kappa shape index (κ3) is 4.75. The summed E-state index contributed by atoms with van der Waals surface area (Å²) in [5.41, 5.74) is 1.14. The van der Waals surface area contributed by atoms with Gasteiger partial charge in [0.1, 0.15) is 11.5 Å². The fourth-order valence-corrected chi connectivity index (χ4v) is 4.66.